The van der Waals surface area contributed by atoms with Gasteiger partial charge in [0.25, 0.3) is 0 Å². The van der Waals surface area contributed by atoms with E-state index in [-0.39, 0.29) is 5.78 Å². The molecule has 28 heavy (non-hydrogen) atoms. The van der Waals surface area contributed by atoms with Crippen LogP contribution in [-0.4, -0.2) is 74.1 Å². The average Bonchev–Trinajstić information content (AvgIpc) is 3.26. The lowest BCUT2D eigenvalue weighted by Gasteiger charge is -2.39. The number of carbonyl (C=O) groups is 1. The van der Waals surface area contributed by atoms with Crippen molar-refractivity contribution in [3.05, 3.63) is 23.9 Å². The van der Waals surface area contributed by atoms with Crippen molar-refractivity contribution in [3.63, 3.8) is 0 Å². The molecule has 1 spiro atoms. The minimum Gasteiger partial charge on any atom is -0.493 e. The van der Waals surface area contributed by atoms with Crippen LogP contribution in [0.1, 0.15) is 36.7 Å². The molecule has 2 saturated heterocycles. The van der Waals surface area contributed by atoms with Gasteiger partial charge in [-0.05, 0) is 63.5 Å². The topological polar surface area (TPSA) is 57.8 Å². The van der Waals surface area contributed by atoms with Crippen molar-refractivity contribution in [3.8, 4) is 11.5 Å². The van der Waals surface area contributed by atoms with Crippen LogP contribution in [0.25, 0.3) is 10.9 Å². The molecule has 0 aliphatic carbocycles. The standard InChI is InChI=1S/C22H31N3O3/c1-16(26)18-12-17-13-21(20(27-3)14-19(17)23-18)28-11-10-25-8-5-22(6-9-25)4-7-24(2)15-22/h12-14,23H,4-11,15H2,1-3H3. The van der Waals surface area contributed by atoms with Gasteiger partial charge in [0.15, 0.2) is 17.3 Å². The van der Waals surface area contributed by atoms with Crippen LogP contribution in [0.2, 0.25) is 0 Å². The first-order valence-electron chi connectivity index (χ1n) is 10.2. The Labute approximate surface area is 166 Å². The Morgan fingerprint density at radius 1 is 1.14 bits per heavy atom. The molecule has 6 heteroatoms. The molecular weight excluding hydrogens is 354 g/mol. The highest BCUT2D eigenvalue weighted by molar-refractivity contribution is 5.98. The van der Waals surface area contributed by atoms with E-state index in [2.05, 4.69) is 21.8 Å². The lowest BCUT2D eigenvalue weighted by Crippen LogP contribution is -2.42. The number of hydrogen-bond donors (Lipinski definition) is 1. The molecule has 0 atom stereocenters. The van der Waals surface area contributed by atoms with E-state index < -0.39 is 0 Å². The van der Waals surface area contributed by atoms with Crippen molar-refractivity contribution in [1.29, 1.82) is 0 Å². The van der Waals surface area contributed by atoms with Crippen LogP contribution in [0.3, 0.4) is 0 Å². The molecule has 2 aliphatic heterocycles. The smallest absolute Gasteiger partial charge is 0.175 e. The fourth-order valence-corrected chi connectivity index (χ4v) is 4.70. The molecule has 6 nitrogen and oxygen atoms in total. The number of likely N-dealkylation sites (tertiary alicyclic amines) is 2. The van der Waals surface area contributed by atoms with Gasteiger partial charge in [0.2, 0.25) is 0 Å². The second kappa shape index (κ2) is 7.76. The van der Waals surface area contributed by atoms with Crippen molar-refractivity contribution in [2.45, 2.75) is 26.2 Å². The van der Waals surface area contributed by atoms with E-state index >= 15 is 0 Å². The number of fused-ring (bicyclic) bond motifs is 1. The Bertz CT molecular complexity index is 852. The molecule has 1 aromatic heterocycles. The predicted octanol–water partition coefficient (Wildman–Crippen LogP) is 3.18. The summed E-state index contributed by atoms with van der Waals surface area (Å²) in [5.74, 6) is 1.44. The molecule has 152 valence electrons. The molecule has 2 aromatic rings. The molecule has 1 aromatic carbocycles. The molecule has 4 rings (SSSR count). The van der Waals surface area contributed by atoms with Crippen molar-refractivity contribution in [2.75, 3.05) is 53.5 Å². The summed E-state index contributed by atoms with van der Waals surface area (Å²) in [5, 5.41) is 0.964. The van der Waals surface area contributed by atoms with Gasteiger partial charge < -0.3 is 19.4 Å². The Hall–Kier alpha value is -2.05. The maximum atomic E-state index is 11.6. The zero-order chi connectivity index (χ0) is 19.7. The Morgan fingerprint density at radius 2 is 1.89 bits per heavy atom. The molecule has 1 N–H and O–H groups in total. The number of benzene rings is 1. The van der Waals surface area contributed by atoms with Gasteiger partial charge in [-0.15, -0.1) is 0 Å². The number of carbonyl (C=O) groups excluding carboxylic acids is 1. The molecule has 2 fully saturated rings. The van der Waals surface area contributed by atoms with Crippen LogP contribution in [-0.2, 0) is 0 Å². The first kappa shape index (κ1) is 19.3. The van der Waals surface area contributed by atoms with Gasteiger partial charge in [-0.3, -0.25) is 9.69 Å². The number of ether oxygens (including phenoxy) is 2. The quantitative estimate of drug-likeness (QED) is 0.774. The maximum absolute atomic E-state index is 11.6. The summed E-state index contributed by atoms with van der Waals surface area (Å²) in [5.41, 5.74) is 2.05. The maximum Gasteiger partial charge on any atom is 0.175 e. The molecule has 0 amide bonds. The van der Waals surface area contributed by atoms with Crippen LogP contribution in [0.4, 0.5) is 0 Å². The van der Waals surface area contributed by atoms with Gasteiger partial charge in [-0.2, -0.15) is 0 Å². The van der Waals surface area contributed by atoms with E-state index in [0.717, 1.165) is 36.3 Å². The molecular formula is C22H31N3O3. The van der Waals surface area contributed by atoms with E-state index in [1.54, 1.807) is 14.0 Å². The van der Waals surface area contributed by atoms with E-state index in [4.69, 9.17) is 9.47 Å². The molecule has 0 radical (unpaired) electrons. The Balaban J connectivity index is 1.34. The number of ketones is 1. The largest absolute Gasteiger partial charge is 0.493 e. The summed E-state index contributed by atoms with van der Waals surface area (Å²) in [6.45, 7) is 7.95. The number of piperidine rings is 1. The fraction of sp³-hybridized carbons (Fsp3) is 0.591. The van der Waals surface area contributed by atoms with E-state index in [0.29, 0.717) is 23.5 Å². The average molecular weight is 386 g/mol. The molecule has 0 bridgehead atoms. The van der Waals surface area contributed by atoms with Gasteiger partial charge in [-0.25, -0.2) is 0 Å². The van der Waals surface area contributed by atoms with Crippen molar-refractivity contribution < 1.29 is 14.3 Å². The number of Topliss-reactive ketones (excluding diaryl/α,β-unsaturated/α-hetero) is 1. The zero-order valence-corrected chi connectivity index (χ0v) is 17.2. The molecule has 0 unspecified atom stereocenters. The number of hydrogen-bond acceptors (Lipinski definition) is 5. The number of H-pyrrole nitrogens is 1. The third kappa shape index (κ3) is 3.89. The highest BCUT2D eigenvalue weighted by Gasteiger charge is 2.39. The van der Waals surface area contributed by atoms with Crippen molar-refractivity contribution >= 4 is 16.7 Å². The van der Waals surface area contributed by atoms with Crippen LogP contribution < -0.4 is 9.47 Å². The highest BCUT2D eigenvalue weighted by Crippen LogP contribution is 2.39. The summed E-state index contributed by atoms with van der Waals surface area (Å²) in [6, 6.07) is 5.72. The third-order valence-electron chi connectivity index (χ3n) is 6.50. The van der Waals surface area contributed by atoms with Crippen LogP contribution in [0.5, 0.6) is 11.5 Å². The second-order valence-electron chi connectivity index (χ2n) is 8.51. The first-order chi connectivity index (χ1) is 13.5. The van der Waals surface area contributed by atoms with Gasteiger partial charge in [0.05, 0.1) is 12.8 Å². The van der Waals surface area contributed by atoms with Gasteiger partial charge in [0.1, 0.15) is 6.61 Å². The summed E-state index contributed by atoms with van der Waals surface area (Å²) in [6.07, 6.45) is 3.94. The third-order valence-corrected chi connectivity index (χ3v) is 6.50. The highest BCUT2D eigenvalue weighted by atomic mass is 16.5. The van der Waals surface area contributed by atoms with Crippen LogP contribution >= 0.6 is 0 Å². The predicted molar refractivity (Wildman–Crippen MR) is 111 cm³/mol. The Morgan fingerprint density at radius 3 is 2.54 bits per heavy atom. The minimum absolute atomic E-state index is 0.0222. The summed E-state index contributed by atoms with van der Waals surface area (Å²) >= 11 is 0. The zero-order valence-electron chi connectivity index (χ0n) is 17.2. The van der Waals surface area contributed by atoms with Gasteiger partial charge >= 0.3 is 0 Å². The minimum atomic E-state index is 0.0222. The van der Waals surface area contributed by atoms with E-state index in [1.165, 1.54) is 32.4 Å². The number of aromatic nitrogens is 1. The first-order valence-corrected chi connectivity index (χ1v) is 10.2. The second-order valence-corrected chi connectivity index (χ2v) is 8.51. The number of rotatable bonds is 6. The summed E-state index contributed by atoms with van der Waals surface area (Å²) in [4.78, 5) is 19.7. The lowest BCUT2D eigenvalue weighted by atomic mass is 9.78. The summed E-state index contributed by atoms with van der Waals surface area (Å²) < 4.78 is 11.6. The van der Waals surface area contributed by atoms with Crippen LogP contribution in [0, 0.1) is 5.41 Å². The lowest BCUT2D eigenvalue weighted by molar-refractivity contribution is 0.0976. The summed E-state index contributed by atoms with van der Waals surface area (Å²) in [7, 11) is 3.88. The van der Waals surface area contributed by atoms with Crippen molar-refractivity contribution in [2.24, 2.45) is 5.41 Å². The van der Waals surface area contributed by atoms with Gasteiger partial charge in [-0.1, -0.05) is 0 Å². The molecule has 2 aliphatic rings. The normalized spacial score (nSPS) is 20.1. The van der Waals surface area contributed by atoms with Crippen molar-refractivity contribution in [1.82, 2.24) is 14.8 Å². The number of methoxy groups -OCH3 is 1. The molecule has 0 saturated carbocycles. The van der Waals surface area contributed by atoms with Crippen LogP contribution in [0.15, 0.2) is 18.2 Å². The van der Waals surface area contributed by atoms with E-state index in [9.17, 15) is 4.79 Å². The number of aromatic amines is 1. The number of nitrogens with zero attached hydrogens (tertiary/aromatic N) is 2. The fourth-order valence-electron chi connectivity index (χ4n) is 4.70. The SMILES string of the molecule is COc1cc2[nH]c(C(C)=O)cc2cc1OCCN1CCC2(CCN(C)C2)CC1. The monoisotopic (exact) mass is 385 g/mol. The molecule has 3 heterocycles. The van der Waals surface area contributed by atoms with Gasteiger partial charge in [0, 0.05) is 37.0 Å². The number of nitrogens with one attached hydrogen (secondary N) is 1. The Kier molecular flexibility index (Phi) is 5.34. The van der Waals surface area contributed by atoms with E-state index in [1.807, 2.05) is 18.2 Å².